The van der Waals surface area contributed by atoms with Gasteiger partial charge in [0.1, 0.15) is 5.69 Å². The van der Waals surface area contributed by atoms with Gasteiger partial charge >= 0.3 is 0 Å². The largest absolute Gasteiger partial charge is 0.356 e. The molecule has 0 bridgehead atoms. The highest BCUT2D eigenvalue weighted by Crippen LogP contribution is 2.20. The fourth-order valence-corrected chi connectivity index (χ4v) is 2.86. The van der Waals surface area contributed by atoms with E-state index in [1.54, 1.807) is 0 Å². The second-order valence-corrected chi connectivity index (χ2v) is 6.12. The van der Waals surface area contributed by atoms with Crippen molar-refractivity contribution in [3.05, 3.63) is 42.1 Å². The van der Waals surface area contributed by atoms with Gasteiger partial charge in [-0.15, -0.1) is 0 Å². The van der Waals surface area contributed by atoms with Crippen molar-refractivity contribution in [1.82, 2.24) is 15.4 Å². The zero-order valence-corrected chi connectivity index (χ0v) is 13.8. The van der Waals surface area contributed by atoms with E-state index in [1.807, 2.05) is 43.4 Å². The van der Waals surface area contributed by atoms with Crippen molar-refractivity contribution in [2.75, 3.05) is 20.1 Å². The first-order valence-corrected chi connectivity index (χ1v) is 8.23. The van der Waals surface area contributed by atoms with E-state index in [-0.39, 0.29) is 0 Å². The molecule has 5 nitrogen and oxygen atoms in total. The highest BCUT2D eigenvalue weighted by Gasteiger charge is 2.18. The van der Waals surface area contributed by atoms with E-state index < -0.39 is 0 Å². The second-order valence-electron chi connectivity index (χ2n) is 6.12. The average Bonchev–Trinajstić information content (AvgIpc) is 3.07. The summed E-state index contributed by atoms with van der Waals surface area (Å²) in [5, 5.41) is 7.53. The lowest BCUT2D eigenvalue weighted by Crippen LogP contribution is -2.45. The van der Waals surface area contributed by atoms with E-state index in [4.69, 9.17) is 4.52 Å². The average molecular weight is 312 g/mol. The summed E-state index contributed by atoms with van der Waals surface area (Å²) in [4.78, 5) is 6.71. The van der Waals surface area contributed by atoms with Gasteiger partial charge in [-0.2, -0.15) is 0 Å². The van der Waals surface area contributed by atoms with Crippen LogP contribution in [0.5, 0.6) is 0 Å². The first kappa shape index (κ1) is 15.6. The summed E-state index contributed by atoms with van der Waals surface area (Å²) in [5.74, 6) is 2.55. The molecule has 1 aromatic heterocycles. The summed E-state index contributed by atoms with van der Waals surface area (Å²) in [6.45, 7) is 5.06. The van der Waals surface area contributed by atoms with Gasteiger partial charge in [0.25, 0.3) is 0 Å². The number of aliphatic imine (C=N–C) groups is 1. The number of hydrogen-bond donors (Lipinski definition) is 1. The van der Waals surface area contributed by atoms with Crippen LogP contribution < -0.4 is 5.32 Å². The summed E-state index contributed by atoms with van der Waals surface area (Å²) >= 11 is 0. The molecule has 0 unspecified atom stereocenters. The Hall–Kier alpha value is -2.30. The van der Waals surface area contributed by atoms with Gasteiger partial charge in [0, 0.05) is 31.8 Å². The van der Waals surface area contributed by atoms with Gasteiger partial charge < -0.3 is 14.7 Å². The van der Waals surface area contributed by atoms with E-state index in [2.05, 4.69) is 27.3 Å². The van der Waals surface area contributed by atoms with E-state index in [0.717, 1.165) is 42.0 Å². The predicted molar refractivity (Wildman–Crippen MR) is 92.1 cm³/mol. The van der Waals surface area contributed by atoms with Crippen molar-refractivity contribution < 1.29 is 4.52 Å². The van der Waals surface area contributed by atoms with Crippen LogP contribution in [0.15, 0.2) is 45.9 Å². The molecule has 1 saturated heterocycles. The Morgan fingerprint density at radius 1 is 1.30 bits per heavy atom. The summed E-state index contributed by atoms with van der Waals surface area (Å²) in [5.41, 5.74) is 1.93. The van der Waals surface area contributed by atoms with Crippen molar-refractivity contribution >= 4 is 5.96 Å². The van der Waals surface area contributed by atoms with Crippen LogP contribution in [0.2, 0.25) is 0 Å². The lowest BCUT2D eigenvalue weighted by Gasteiger charge is -2.32. The van der Waals surface area contributed by atoms with Crippen LogP contribution >= 0.6 is 0 Å². The zero-order chi connectivity index (χ0) is 16.1. The van der Waals surface area contributed by atoms with Crippen LogP contribution in [0.1, 0.15) is 25.5 Å². The third-order valence-electron chi connectivity index (χ3n) is 4.34. The van der Waals surface area contributed by atoms with Crippen LogP contribution in [0.3, 0.4) is 0 Å². The van der Waals surface area contributed by atoms with E-state index in [0.29, 0.717) is 6.54 Å². The fourth-order valence-electron chi connectivity index (χ4n) is 2.86. The summed E-state index contributed by atoms with van der Waals surface area (Å²) in [6.07, 6.45) is 2.45. The van der Waals surface area contributed by atoms with E-state index >= 15 is 0 Å². The number of nitrogens with one attached hydrogen (secondary N) is 1. The number of piperidine rings is 1. The van der Waals surface area contributed by atoms with Gasteiger partial charge in [-0.25, -0.2) is 0 Å². The van der Waals surface area contributed by atoms with Gasteiger partial charge in [0.2, 0.25) is 0 Å². The standard InChI is InChI=1S/C18H24N4O/c1-14-8-10-22(11-9-14)18(19-2)20-13-16-12-17(23-21-16)15-6-4-3-5-7-15/h3-7,12,14H,8-11,13H2,1-2H3,(H,19,20). The first-order chi connectivity index (χ1) is 11.3. The first-order valence-electron chi connectivity index (χ1n) is 8.23. The number of likely N-dealkylation sites (tertiary alicyclic amines) is 1. The van der Waals surface area contributed by atoms with Crippen LogP contribution in [0, 0.1) is 5.92 Å². The normalized spacial score (nSPS) is 16.6. The second kappa shape index (κ2) is 7.31. The molecule has 1 aliphatic rings. The zero-order valence-electron chi connectivity index (χ0n) is 13.8. The monoisotopic (exact) mass is 312 g/mol. The number of rotatable bonds is 3. The molecule has 3 rings (SSSR count). The highest BCUT2D eigenvalue weighted by atomic mass is 16.5. The maximum atomic E-state index is 5.43. The molecule has 0 amide bonds. The van der Waals surface area contributed by atoms with E-state index in [1.165, 1.54) is 12.8 Å². The lowest BCUT2D eigenvalue weighted by atomic mass is 10.00. The minimum absolute atomic E-state index is 0.620. The molecule has 1 aromatic carbocycles. The topological polar surface area (TPSA) is 53.7 Å². The Morgan fingerprint density at radius 2 is 2.04 bits per heavy atom. The Balaban J connectivity index is 1.58. The maximum Gasteiger partial charge on any atom is 0.193 e. The number of nitrogens with zero attached hydrogens (tertiary/aromatic N) is 3. The molecule has 0 saturated carbocycles. The quantitative estimate of drug-likeness (QED) is 0.699. The number of aromatic nitrogens is 1. The molecule has 1 aliphatic heterocycles. The fraction of sp³-hybridized carbons (Fsp3) is 0.444. The molecular weight excluding hydrogens is 288 g/mol. The molecule has 0 spiro atoms. The number of hydrogen-bond acceptors (Lipinski definition) is 3. The van der Waals surface area contributed by atoms with Gasteiger partial charge in [-0.3, -0.25) is 4.99 Å². The molecule has 5 heteroatoms. The predicted octanol–water partition coefficient (Wildman–Crippen LogP) is 3.15. The van der Waals surface area contributed by atoms with Gasteiger partial charge in [-0.05, 0) is 18.8 Å². The SMILES string of the molecule is CN=C(NCc1cc(-c2ccccc2)on1)N1CCC(C)CC1. The van der Waals surface area contributed by atoms with Crippen LogP contribution in [-0.2, 0) is 6.54 Å². The van der Waals surface area contributed by atoms with Crippen molar-refractivity contribution in [2.45, 2.75) is 26.3 Å². The Morgan fingerprint density at radius 3 is 2.74 bits per heavy atom. The van der Waals surface area contributed by atoms with E-state index in [9.17, 15) is 0 Å². The highest BCUT2D eigenvalue weighted by molar-refractivity contribution is 5.79. The van der Waals surface area contributed by atoms with Crippen LogP contribution in [-0.4, -0.2) is 36.2 Å². The third kappa shape index (κ3) is 3.92. The number of benzene rings is 1. The van der Waals surface area contributed by atoms with Gasteiger partial charge in [0.05, 0.1) is 6.54 Å². The number of guanidine groups is 1. The van der Waals surface area contributed by atoms with Crippen molar-refractivity contribution in [3.63, 3.8) is 0 Å². The van der Waals surface area contributed by atoms with Crippen molar-refractivity contribution in [1.29, 1.82) is 0 Å². The molecule has 1 fully saturated rings. The van der Waals surface area contributed by atoms with Gasteiger partial charge in [-0.1, -0.05) is 42.4 Å². The Bertz CT molecular complexity index is 642. The van der Waals surface area contributed by atoms with Crippen LogP contribution in [0.4, 0.5) is 0 Å². The molecule has 0 atom stereocenters. The Labute approximate surface area is 137 Å². The van der Waals surface area contributed by atoms with Gasteiger partial charge in [0.15, 0.2) is 11.7 Å². The minimum atomic E-state index is 0.620. The van der Waals surface area contributed by atoms with Crippen molar-refractivity contribution in [2.24, 2.45) is 10.9 Å². The molecule has 0 radical (unpaired) electrons. The van der Waals surface area contributed by atoms with Crippen molar-refractivity contribution in [3.8, 4) is 11.3 Å². The Kier molecular flexibility index (Phi) is 4.95. The summed E-state index contributed by atoms with van der Waals surface area (Å²) in [7, 11) is 1.83. The lowest BCUT2D eigenvalue weighted by molar-refractivity contribution is 0.273. The summed E-state index contributed by atoms with van der Waals surface area (Å²) < 4.78 is 5.43. The maximum absolute atomic E-state index is 5.43. The molecular formula is C18H24N4O. The molecule has 23 heavy (non-hydrogen) atoms. The molecule has 0 aliphatic carbocycles. The molecule has 122 valence electrons. The smallest absolute Gasteiger partial charge is 0.193 e. The third-order valence-corrected chi connectivity index (χ3v) is 4.34. The molecule has 1 N–H and O–H groups in total. The van der Waals surface area contributed by atoms with Crippen LogP contribution in [0.25, 0.3) is 11.3 Å². The minimum Gasteiger partial charge on any atom is -0.356 e. The molecule has 2 aromatic rings. The summed E-state index contributed by atoms with van der Waals surface area (Å²) in [6, 6.07) is 12.0. The molecule has 2 heterocycles.